The van der Waals surface area contributed by atoms with Crippen LogP contribution in [0.2, 0.25) is 0 Å². The highest BCUT2D eigenvalue weighted by atomic mass is 32.2. The van der Waals surface area contributed by atoms with Crippen molar-refractivity contribution in [2.45, 2.75) is 59.0 Å². The first-order valence-corrected chi connectivity index (χ1v) is 13.6. The Labute approximate surface area is 204 Å². The van der Waals surface area contributed by atoms with Crippen LogP contribution in [0.25, 0.3) is 0 Å². The quantitative estimate of drug-likeness (QED) is 0.496. The van der Waals surface area contributed by atoms with Crippen LogP contribution in [-0.2, 0) is 26.0 Å². The fraction of sp³-hybridized carbons (Fsp3) is 0.462. The zero-order chi connectivity index (χ0) is 25.3. The average Bonchev–Trinajstić information content (AvgIpc) is 2.79. The van der Waals surface area contributed by atoms with Gasteiger partial charge in [0.25, 0.3) is 0 Å². The predicted octanol–water partition coefficient (Wildman–Crippen LogP) is 3.53. The third-order valence-electron chi connectivity index (χ3n) is 5.84. The van der Waals surface area contributed by atoms with E-state index >= 15 is 0 Å². The SMILES string of the molecule is CC[C@@H](C)NC(=O)[C@H](CC)N(CCc1ccccc1)C(=O)CN(c1cccc(C)c1)S(C)(=O)=O. The third kappa shape index (κ3) is 7.87. The number of anilines is 1. The lowest BCUT2D eigenvalue weighted by Gasteiger charge is -2.33. The van der Waals surface area contributed by atoms with E-state index in [9.17, 15) is 18.0 Å². The summed E-state index contributed by atoms with van der Waals surface area (Å²) in [6.07, 6.45) is 2.84. The van der Waals surface area contributed by atoms with Crippen LogP contribution >= 0.6 is 0 Å². The largest absolute Gasteiger partial charge is 0.352 e. The highest BCUT2D eigenvalue weighted by Gasteiger charge is 2.31. The van der Waals surface area contributed by atoms with Crippen LogP contribution in [0.3, 0.4) is 0 Å². The van der Waals surface area contributed by atoms with Crippen molar-refractivity contribution in [1.29, 1.82) is 0 Å². The van der Waals surface area contributed by atoms with Gasteiger partial charge in [-0.25, -0.2) is 8.42 Å². The Balaban J connectivity index is 2.36. The second-order valence-corrected chi connectivity index (χ2v) is 10.6. The lowest BCUT2D eigenvalue weighted by atomic mass is 10.1. The summed E-state index contributed by atoms with van der Waals surface area (Å²) in [4.78, 5) is 28.2. The summed E-state index contributed by atoms with van der Waals surface area (Å²) < 4.78 is 26.3. The van der Waals surface area contributed by atoms with Crippen LogP contribution in [0.5, 0.6) is 0 Å². The molecule has 0 unspecified atom stereocenters. The summed E-state index contributed by atoms with van der Waals surface area (Å²) in [5.41, 5.74) is 2.35. The number of rotatable bonds is 12. The zero-order valence-corrected chi connectivity index (χ0v) is 21.6. The first kappa shape index (κ1) is 27.4. The van der Waals surface area contributed by atoms with E-state index in [1.165, 1.54) is 4.90 Å². The van der Waals surface area contributed by atoms with Gasteiger partial charge in [0.2, 0.25) is 21.8 Å². The summed E-state index contributed by atoms with van der Waals surface area (Å²) in [7, 11) is -3.72. The maximum atomic E-state index is 13.6. The third-order valence-corrected chi connectivity index (χ3v) is 6.98. The highest BCUT2D eigenvalue weighted by molar-refractivity contribution is 7.92. The molecule has 2 amide bonds. The molecule has 0 aliphatic rings. The van der Waals surface area contributed by atoms with Crippen molar-refractivity contribution in [2.24, 2.45) is 0 Å². The van der Waals surface area contributed by atoms with Gasteiger partial charge in [0.05, 0.1) is 11.9 Å². The van der Waals surface area contributed by atoms with Crippen LogP contribution in [0.4, 0.5) is 5.69 Å². The maximum absolute atomic E-state index is 13.6. The minimum atomic E-state index is -3.72. The van der Waals surface area contributed by atoms with Gasteiger partial charge in [0.15, 0.2) is 0 Å². The molecule has 2 aromatic carbocycles. The molecule has 2 aromatic rings. The fourth-order valence-corrected chi connectivity index (χ4v) is 4.58. The lowest BCUT2D eigenvalue weighted by molar-refractivity contribution is -0.139. The van der Waals surface area contributed by atoms with E-state index in [1.807, 2.05) is 64.1 Å². The van der Waals surface area contributed by atoms with Crippen molar-refractivity contribution in [3.05, 3.63) is 65.7 Å². The van der Waals surface area contributed by atoms with E-state index in [2.05, 4.69) is 5.32 Å². The molecule has 1 N–H and O–H groups in total. The summed E-state index contributed by atoms with van der Waals surface area (Å²) in [6, 6.07) is 16.0. The molecule has 0 heterocycles. The lowest BCUT2D eigenvalue weighted by Crippen LogP contribution is -2.54. The molecule has 0 aliphatic carbocycles. The van der Waals surface area contributed by atoms with Crippen molar-refractivity contribution in [3.63, 3.8) is 0 Å². The van der Waals surface area contributed by atoms with Gasteiger partial charge in [-0.2, -0.15) is 0 Å². The van der Waals surface area contributed by atoms with Crippen LogP contribution in [0, 0.1) is 6.92 Å². The van der Waals surface area contributed by atoms with Gasteiger partial charge in [0.1, 0.15) is 12.6 Å². The van der Waals surface area contributed by atoms with E-state index in [1.54, 1.807) is 18.2 Å². The van der Waals surface area contributed by atoms with Gasteiger partial charge in [-0.3, -0.25) is 13.9 Å². The Morgan fingerprint density at radius 1 is 1.00 bits per heavy atom. The van der Waals surface area contributed by atoms with Crippen LogP contribution in [-0.4, -0.2) is 56.6 Å². The molecule has 0 saturated carbocycles. The molecule has 34 heavy (non-hydrogen) atoms. The minimum absolute atomic E-state index is 0.0209. The number of carbonyl (C=O) groups is 2. The number of hydrogen-bond donors (Lipinski definition) is 1. The van der Waals surface area contributed by atoms with Crippen molar-refractivity contribution >= 4 is 27.5 Å². The number of nitrogens with one attached hydrogen (secondary N) is 1. The number of benzene rings is 2. The first-order chi connectivity index (χ1) is 16.1. The molecule has 0 saturated heterocycles. The van der Waals surface area contributed by atoms with E-state index in [0.717, 1.165) is 28.1 Å². The molecule has 0 bridgehead atoms. The molecule has 2 atom stereocenters. The van der Waals surface area contributed by atoms with Gasteiger partial charge >= 0.3 is 0 Å². The molecular weight excluding hydrogens is 450 g/mol. The van der Waals surface area contributed by atoms with Crippen molar-refractivity contribution in [3.8, 4) is 0 Å². The van der Waals surface area contributed by atoms with Crippen molar-refractivity contribution in [1.82, 2.24) is 10.2 Å². The van der Waals surface area contributed by atoms with E-state index < -0.39 is 22.0 Å². The monoisotopic (exact) mass is 487 g/mol. The van der Waals surface area contributed by atoms with Gasteiger partial charge < -0.3 is 10.2 Å². The van der Waals surface area contributed by atoms with Crippen LogP contribution in [0.15, 0.2) is 54.6 Å². The topological polar surface area (TPSA) is 86.8 Å². The van der Waals surface area contributed by atoms with Crippen molar-refractivity contribution in [2.75, 3.05) is 23.7 Å². The molecular formula is C26H37N3O4S. The van der Waals surface area contributed by atoms with E-state index in [0.29, 0.717) is 25.1 Å². The summed E-state index contributed by atoms with van der Waals surface area (Å²) in [6.45, 7) is 7.56. The first-order valence-electron chi connectivity index (χ1n) is 11.7. The number of carbonyl (C=O) groups excluding carboxylic acids is 2. The number of aryl methyl sites for hydroxylation is 1. The predicted molar refractivity (Wildman–Crippen MR) is 137 cm³/mol. The average molecular weight is 488 g/mol. The summed E-state index contributed by atoms with van der Waals surface area (Å²) >= 11 is 0. The van der Waals surface area contributed by atoms with Crippen LogP contribution < -0.4 is 9.62 Å². The van der Waals surface area contributed by atoms with Gasteiger partial charge in [-0.1, -0.05) is 56.3 Å². The maximum Gasteiger partial charge on any atom is 0.244 e. The molecule has 7 nitrogen and oxygen atoms in total. The second-order valence-electron chi connectivity index (χ2n) is 8.67. The second kappa shape index (κ2) is 12.6. The fourth-order valence-electron chi connectivity index (χ4n) is 3.73. The Kier molecular flexibility index (Phi) is 10.1. The number of sulfonamides is 1. The van der Waals surface area contributed by atoms with Gasteiger partial charge in [-0.15, -0.1) is 0 Å². The summed E-state index contributed by atoms with van der Waals surface area (Å²) in [5, 5.41) is 2.97. The molecule has 0 aliphatic heterocycles. The Bertz CT molecular complexity index is 1060. The zero-order valence-electron chi connectivity index (χ0n) is 20.8. The molecule has 0 fully saturated rings. The minimum Gasteiger partial charge on any atom is -0.352 e. The molecule has 8 heteroatoms. The van der Waals surface area contributed by atoms with E-state index in [4.69, 9.17) is 0 Å². The van der Waals surface area contributed by atoms with Crippen molar-refractivity contribution < 1.29 is 18.0 Å². The van der Waals surface area contributed by atoms with Gasteiger partial charge in [-0.05, 0) is 56.4 Å². The van der Waals surface area contributed by atoms with Crippen LogP contribution in [0.1, 0.15) is 44.7 Å². The molecule has 186 valence electrons. The Morgan fingerprint density at radius 2 is 1.68 bits per heavy atom. The number of hydrogen-bond acceptors (Lipinski definition) is 4. The van der Waals surface area contributed by atoms with E-state index in [-0.39, 0.29) is 18.5 Å². The Morgan fingerprint density at radius 3 is 2.24 bits per heavy atom. The molecule has 0 spiro atoms. The Hall–Kier alpha value is -2.87. The standard InChI is InChI=1S/C26H37N3O4S/c1-6-21(4)27-26(31)24(7-2)28(17-16-22-13-9-8-10-14-22)25(30)19-29(34(5,32)33)23-15-11-12-20(3)18-23/h8-15,18,21,24H,6-7,16-17,19H2,1-5H3,(H,27,31)/t21-,24+/m1/s1. The normalized spacial score (nSPS) is 13.1. The van der Waals surface area contributed by atoms with Gasteiger partial charge in [0, 0.05) is 12.6 Å². The molecule has 0 radical (unpaired) electrons. The number of amides is 2. The smallest absolute Gasteiger partial charge is 0.244 e. The molecule has 0 aromatic heterocycles. The number of nitrogens with zero attached hydrogens (tertiary/aromatic N) is 2. The molecule has 2 rings (SSSR count). The highest BCUT2D eigenvalue weighted by Crippen LogP contribution is 2.20. The summed E-state index contributed by atoms with van der Waals surface area (Å²) in [5.74, 6) is -0.631.